The lowest BCUT2D eigenvalue weighted by Gasteiger charge is -2.06. The number of hydrogen-bond acceptors (Lipinski definition) is 2. The van der Waals surface area contributed by atoms with Gasteiger partial charge in [0, 0.05) is 24.8 Å². The molecule has 1 unspecified atom stereocenters. The minimum atomic E-state index is 0.669. The van der Waals surface area contributed by atoms with E-state index in [2.05, 4.69) is 42.5 Å². The molecule has 0 aliphatic rings. The van der Waals surface area contributed by atoms with Gasteiger partial charge >= 0.3 is 0 Å². The van der Waals surface area contributed by atoms with Crippen LogP contribution in [0, 0.1) is 0 Å². The van der Waals surface area contributed by atoms with Crippen molar-refractivity contribution in [1.29, 1.82) is 0 Å². The van der Waals surface area contributed by atoms with Gasteiger partial charge in [0.25, 0.3) is 0 Å². The predicted molar refractivity (Wildman–Crippen MR) is 77.3 cm³/mol. The normalized spacial score (nSPS) is 11.0. The Morgan fingerprint density at radius 2 is 1.56 bits per heavy atom. The highest BCUT2D eigenvalue weighted by molar-refractivity contribution is 5.44. The van der Waals surface area contributed by atoms with Gasteiger partial charge in [-0.15, -0.1) is 0 Å². The van der Waals surface area contributed by atoms with Crippen LogP contribution in [0.5, 0.6) is 0 Å². The fraction of sp³-hybridized carbons (Fsp3) is 0.250. The van der Waals surface area contributed by atoms with Crippen LogP contribution in [0.2, 0.25) is 0 Å². The van der Waals surface area contributed by atoms with E-state index < -0.39 is 0 Å². The molecule has 0 amide bonds. The molecule has 0 saturated heterocycles. The molecule has 0 aromatic carbocycles. The Bertz CT molecular complexity index is 437. The van der Waals surface area contributed by atoms with Gasteiger partial charge in [-0.2, -0.15) is 0 Å². The van der Waals surface area contributed by atoms with Crippen molar-refractivity contribution in [3.8, 4) is 0 Å². The maximum atomic E-state index is 3.96. The zero-order valence-electron chi connectivity index (χ0n) is 11.1. The number of pyridine rings is 2. The summed E-state index contributed by atoms with van der Waals surface area (Å²) in [4.78, 5) is 7.81. The number of rotatable bonds is 3. The molecule has 94 valence electrons. The lowest BCUT2D eigenvalue weighted by molar-refractivity contribution is 0.732. The zero-order chi connectivity index (χ0) is 13.2. The highest BCUT2D eigenvalue weighted by atomic mass is 14.6. The predicted octanol–water partition coefficient (Wildman–Crippen LogP) is 4.32. The van der Waals surface area contributed by atoms with E-state index in [1.54, 1.807) is 18.5 Å². The van der Waals surface area contributed by atoms with Crippen LogP contribution < -0.4 is 0 Å². The van der Waals surface area contributed by atoms with E-state index in [1.807, 2.05) is 24.5 Å². The second kappa shape index (κ2) is 8.18. The number of aromatic nitrogens is 2. The average molecular weight is 240 g/mol. The van der Waals surface area contributed by atoms with E-state index in [-0.39, 0.29) is 0 Å². The van der Waals surface area contributed by atoms with Gasteiger partial charge in [-0.3, -0.25) is 9.97 Å². The molecule has 0 N–H and O–H groups in total. The molecule has 2 nitrogen and oxygen atoms in total. The lowest BCUT2D eigenvalue weighted by Crippen LogP contribution is -1.89. The molecular formula is C16H20N2. The molecule has 0 aliphatic carbocycles. The fourth-order valence-electron chi connectivity index (χ4n) is 1.43. The average Bonchev–Trinajstić information content (AvgIpc) is 2.49. The minimum absolute atomic E-state index is 0.669. The first-order valence-corrected chi connectivity index (χ1v) is 6.20. The van der Waals surface area contributed by atoms with Gasteiger partial charge in [-0.05, 0) is 47.7 Å². The van der Waals surface area contributed by atoms with Crippen molar-refractivity contribution in [2.75, 3.05) is 0 Å². The Morgan fingerprint density at radius 1 is 1.06 bits per heavy atom. The van der Waals surface area contributed by atoms with Gasteiger partial charge in [0.2, 0.25) is 0 Å². The van der Waals surface area contributed by atoms with Gasteiger partial charge in [-0.25, -0.2) is 0 Å². The second-order valence-corrected chi connectivity index (χ2v) is 4.07. The van der Waals surface area contributed by atoms with Gasteiger partial charge in [0.15, 0.2) is 0 Å². The van der Waals surface area contributed by atoms with Crippen molar-refractivity contribution in [3.05, 3.63) is 66.8 Å². The molecule has 2 aromatic heterocycles. The molecule has 0 spiro atoms. The standard InChI is InChI=1S/C9H13N.C7H7N/c1-3-8(2)9-4-6-10-7-5-9;1-2-7-3-5-8-6-4-7/h4-8H,3H2,1-2H3;2-6H,1H2. The Kier molecular flexibility index (Phi) is 6.41. The summed E-state index contributed by atoms with van der Waals surface area (Å²) in [6.45, 7) is 8.03. The molecule has 18 heavy (non-hydrogen) atoms. The summed E-state index contributed by atoms with van der Waals surface area (Å²) in [5.74, 6) is 0.669. The summed E-state index contributed by atoms with van der Waals surface area (Å²) >= 11 is 0. The molecule has 2 heterocycles. The van der Waals surface area contributed by atoms with Crippen LogP contribution in [0.25, 0.3) is 6.08 Å². The SMILES string of the molecule is C=Cc1ccncc1.CCC(C)c1ccncc1. The quantitative estimate of drug-likeness (QED) is 0.798. The third-order valence-corrected chi connectivity index (χ3v) is 2.83. The van der Waals surface area contributed by atoms with Gasteiger partial charge in [-0.1, -0.05) is 26.5 Å². The highest BCUT2D eigenvalue weighted by Gasteiger charge is 1.99. The molecule has 1 atom stereocenters. The topological polar surface area (TPSA) is 25.8 Å². The van der Waals surface area contributed by atoms with E-state index in [1.165, 1.54) is 12.0 Å². The molecule has 0 radical (unpaired) electrons. The fourth-order valence-corrected chi connectivity index (χ4v) is 1.43. The van der Waals surface area contributed by atoms with Crippen LogP contribution in [0.4, 0.5) is 0 Å². The third-order valence-electron chi connectivity index (χ3n) is 2.83. The molecule has 2 aromatic rings. The summed E-state index contributed by atoms with van der Waals surface area (Å²) in [6.07, 6.45) is 10.2. The summed E-state index contributed by atoms with van der Waals surface area (Å²) < 4.78 is 0. The largest absolute Gasteiger partial charge is 0.265 e. The van der Waals surface area contributed by atoms with Gasteiger partial charge in [0.1, 0.15) is 0 Å². The third kappa shape index (κ3) is 4.91. The first-order chi connectivity index (χ1) is 8.77. The monoisotopic (exact) mass is 240 g/mol. The summed E-state index contributed by atoms with van der Waals surface area (Å²) in [5.41, 5.74) is 2.50. The van der Waals surface area contributed by atoms with Crippen LogP contribution in [0.3, 0.4) is 0 Å². The second-order valence-electron chi connectivity index (χ2n) is 4.07. The smallest absolute Gasteiger partial charge is 0.0273 e. The molecule has 0 aliphatic heterocycles. The zero-order valence-corrected chi connectivity index (χ0v) is 11.1. The van der Waals surface area contributed by atoms with E-state index in [9.17, 15) is 0 Å². The van der Waals surface area contributed by atoms with E-state index in [4.69, 9.17) is 0 Å². The molecule has 0 saturated carbocycles. The minimum Gasteiger partial charge on any atom is -0.265 e. The molecule has 2 heteroatoms. The van der Waals surface area contributed by atoms with Crippen molar-refractivity contribution >= 4 is 6.08 Å². The Labute approximate surface area is 109 Å². The summed E-state index contributed by atoms with van der Waals surface area (Å²) in [7, 11) is 0. The highest BCUT2D eigenvalue weighted by Crippen LogP contribution is 2.16. The van der Waals surface area contributed by atoms with Crippen molar-refractivity contribution < 1.29 is 0 Å². The first-order valence-electron chi connectivity index (χ1n) is 6.20. The Hall–Kier alpha value is -1.96. The van der Waals surface area contributed by atoms with E-state index >= 15 is 0 Å². The Balaban J connectivity index is 0.000000184. The summed E-state index contributed by atoms with van der Waals surface area (Å²) in [5, 5.41) is 0. The van der Waals surface area contributed by atoms with Gasteiger partial charge < -0.3 is 0 Å². The maximum absolute atomic E-state index is 3.96. The number of hydrogen-bond donors (Lipinski definition) is 0. The molecular weight excluding hydrogens is 220 g/mol. The molecule has 2 rings (SSSR count). The van der Waals surface area contributed by atoms with Gasteiger partial charge in [0.05, 0.1) is 0 Å². The molecule has 0 bridgehead atoms. The van der Waals surface area contributed by atoms with Crippen molar-refractivity contribution in [3.63, 3.8) is 0 Å². The van der Waals surface area contributed by atoms with E-state index in [0.717, 1.165) is 5.56 Å². The van der Waals surface area contributed by atoms with Crippen LogP contribution in [0.1, 0.15) is 37.3 Å². The van der Waals surface area contributed by atoms with Crippen LogP contribution >= 0.6 is 0 Å². The maximum Gasteiger partial charge on any atom is 0.0273 e. The Morgan fingerprint density at radius 3 is 1.94 bits per heavy atom. The van der Waals surface area contributed by atoms with Crippen molar-refractivity contribution in [2.45, 2.75) is 26.2 Å². The first kappa shape index (κ1) is 14.1. The lowest BCUT2D eigenvalue weighted by atomic mass is 10.0. The van der Waals surface area contributed by atoms with Crippen molar-refractivity contribution in [2.24, 2.45) is 0 Å². The van der Waals surface area contributed by atoms with E-state index in [0.29, 0.717) is 5.92 Å². The van der Waals surface area contributed by atoms with Crippen LogP contribution in [-0.2, 0) is 0 Å². The van der Waals surface area contributed by atoms with Crippen LogP contribution in [0.15, 0.2) is 55.6 Å². The number of nitrogens with zero attached hydrogens (tertiary/aromatic N) is 2. The summed E-state index contributed by atoms with van der Waals surface area (Å²) in [6, 6.07) is 7.97. The molecule has 0 fully saturated rings. The van der Waals surface area contributed by atoms with Crippen molar-refractivity contribution in [1.82, 2.24) is 9.97 Å². The van der Waals surface area contributed by atoms with Crippen LogP contribution in [-0.4, -0.2) is 9.97 Å².